The first kappa shape index (κ1) is 22.1. The molecule has 0 fully saturated rings. The van der Waals surface area contributed by atoms with Crippen molar-refractivity contribution >= 4 is 11.9 Å². The van der Waals surface area contributed by atoms with Crippen molar-refractivity contribution in [3.63, 3.8) is 0 Å². The van der Waals surface area contributed by atoms with Crippen LogP contribution >= 0.6 is 0 Å². The first-order valence-electron chi connectivity index (χ1n) is 6.96. The fourth-order valence-corrected chi connectivity index (χ4v) is 1.33. The van der Waals surface area contributed by atoms with Crippen molar-refractivity contribution in [3.8, 4) is 0 Å². The van der Waals surface area contributed by atoms with Crippen LogP contribution in [0.2, 0.25) is 0 Å². The van der Waals surface area contributed by atoms with Crippen molar-refractivity contribution in [1.29, 1.82) is 0 Å². The van der Waals surface area contributed by atoms with E-state index >= 15 is 0 Å². The molecule has 2 rings (SSSR count). The van der Waals surface area contributed by atoms with Gasteiger partial charge in [-0.15, -0.1) is 0 Å². The summed E-state index contributed by atoms with van der Waals surface area (Å²) in [6.45, 7) is -1.88. The van der Waals surface area contributed by atoms with E-state index in [9.17, 15) is 9.59 Å². The van der Waals surface area contributed by atoms with Crippen molar-refractivity contribution in [2.45, 2.75) is 0 Å². The second-order valence-corrected chi connectivity index (χ2v) is 4.80. The highest BCUT2D eigenvalue weighted by molar-refractivity contribution is 6.14. The Morgan fingerprint density at radius 3 is 1.25 bits per heavy atom. The lowest BCUT2D eigenvalue weighted by molar-refractivity contribution is -0.0328. The predicted molar refractivity (Wildman–Crippen MR) is 81.1 cm³/mol. The highest BCUT2D eigenvalue weighted by atomic mass is 16.6. The fraction of sp³-hybridized carbons (Fsp3) is 0.467. The summed E-state index contributed by atoms with van der Waals surface area (Å²) in [6, 6.07) is 6.53. The van der Waals surface area contributed by atoms with E-state index in [1.165, 1.54) is 0 Å². The predicted octanol–water partition coefficient (Wildman–Crippen LogP) is -2.09. The number of esters is 2. The van der Waals surface area contributed by atoms with Crippen molar-refractivity contribution in [2.24, 2.45) is 5.41 Å². The van der Waals surface area contributed by atoms with E-state index in [2.05, 4.69) is 4.74 Å². The number of benzene rings is 1. The number of carbonyl (C=O) groups excluding carboxylic acids is 2. The number of hydrogen-bond acceptors (Lipinski definition) is 9. The van der Waals surface area contributed by atoms with Gasteiger partial charge >= 0.3 is 11.9 Å². The van der Waals surface area contributed by atoms with E-state index in [0.717, 1.165) is 0 Å². The highest BCUT2D eigenvalue weighted by Gasteiger charge is 2.28. The summed E-state index contributed by atoms with van der Waals surface area (Å²) in [5.41, 5.74) is -0.394. The van der Waals surface area contributed by atoms with Crippen LogP contribution in [0.5, 0.6) is 0 Å². The first-order chi connectivity index (χ1) is 11.4. The first-order valence-corrected chi connectivity index (χ1v) is 6.96. The molecule has 0 aliphatic carbocycles. The number of aliphatic hydroxyl groups excluding tert-OH is 6. The van der Waals surface area contributed by atoms with Gasteiger partial charge in [-0.1, -0.05) is 12.1 Å². The van der Waals surface area contributed by atoms with Gasteiger partial charge in [0.05, 0.1) is 56.2 Å². The van der Waals surface area contributed by atoms with Crippen LogP contribution in [0.25, 0.3) is 0 Å². The average Bonchev–Trinajstić information content (AvgIpc) is 2.93. The Kier molecular flexibility index (Phi) is 10.7. The molecule has 24 heavy (non-hydrogen) atoms. The van der Waals surface area contributed by atoms with Gasteiger partial charge in [0.1, 0.15) is 0 Å². The van der Waals surface area contributed by atoms with Gasteiger partial charge in [0.25, 0.3) is 0 Å². The van der Waals surface area contributed by atoms with Crippen LogP contribution in [0.4, 0.5) is 0 Å². The molecule has 6 N–H and O–H groups in total. The van der Waals surface area contributed by atoms with Crippen molar-refractivity contribution in [2.75, 3.05) is 39.6 Å². The zero-order chi connectivity index (χ0) is 18.6. The van der Waals surface area contributed by atoms with Gasteiger partial charge in [0.15, 0.2) is 0 Å². The molecule has 1 aromatic carbocycles. The normalized spacial score (nSPS) is 12.4. The molecule has 1 heterocycles. The minimum atomic E-state index is -1.11. The molecule has 0 spiro atoms. The Morgan fingerprint density at radius 1 is 0.708 bits per heavy atom. The number of fused-ring (bicyclic) bond motifs is 1. The molecular formula is C15H22O9. The number of hydrogen-bond donors (Lipinski definition) is 6. The van der Waals surface area contributed by atoms with Crippen molar-refractivity contribution in [1.82, 2.24) is 0 Å². The van der Waals surface area contributed by atoms with Gasteiger partial charge in [0.2, 0.25) is 0 Å². The van der Waals surface area contributed by atoms with Gasteiger partial charge in [0, 0.05) is 0 Å². The van der Waals surface area contributed by atoms with E-state index < -0.39 is 43.8 Å². The number of cyclic esters (lactones) is 2. The summed E-state index contributed by atoms with van der Waals surface area (Å²) in [5.74, 6) is -1.10. The molecular weight excluding hydrogens is 324 g/mol. The largest absolute Gasteiger partial charge is 0.396 e. The molecule has 0 atom stereocenters. The van der Waals surface area contributed by atoms with Crippen LogP contribution in [0.1, 0.15) is 20.7 Å². The minimum absolute atomic E-state index is 0.125. The third-order valence-corrected chi connectivity index (χ3v) is 2.99. The van der Waals surface area contributed by atoms with E-state index in [1.807, 2.05) is 0 Å². The lowest BCUT2D eigenvalue weighted by Crippen LogP contribution is -2.37. The molecule has 1 aromatic rings. The van der Waals surface area contributed by atoms with Crippen LogP contribution in [0.3, 0.4) is 0 Å². The zero-order valence-corrected chi connectivity index (χ0v) is 13.0. The Balaban J connectivity index is 0.000000369. The molecule has 0 bridgehead atoms. The van der Waals surface area contributed by atoms with Crippen LogP contribution in [-0.4, -0.2) is 82.2 Å². The molecule has 0 radical (unpaired) electrons. The lowest BCUT2D eigenvalue weighted by Gasteiger charge is -2.23. The molecule has 9 heteroatoms. The molecule has 0 saturated carbocycles. The van der Waals surface area contributed by atoms with Crippen LogP contribution < -0.4 is 0 Å². The van der Waals surface area contributed by atoms with Crippen molar-refractivity contribution in [3.05, 3.63) is 35.4 Å². The smallest absolute Gasteiger partial charge is 0.346 e. The zero-order valence-electron chi connectivity index (χ0n) is 13.0. The minimum Gasteiger partial charge on any atom is -0.396 e. The summed E-state index contributed by atoms with van der Waals surface area (Å²) in [6.07, 6.45) is 0. The van der Waals surface area contributed by atoms with E-state index in [-0.39, 0.29) is 13.2 Å². The molecule has 0 aromatic heterocycles. The Labute approximate surface area is 138 Å². The Bertz CT molecular complexity index is 459. The van der Waals surface area contributed by atoms with E-state index in [0.29, 0.717) is 11.1 Å². The van der Waals surface area contributed by atoms with Gasteiger partial charge < -0.3 is 35.4 Å². The molecule has 9 nitrogen and oxygen atoms in total. The summed E-state index contributed by atoms with van der Waals surface area (Å²) >= 11 is 0. The number of ether oxygens (including phenoxy) is 1. The van der Waals surface area contributed by atoms with Gasteiger partial charge in [-0.3, -0.25) is 0 Å². The lowest BCUT2D eigenvalue weighted by atomic mass is 9.93. The maximum Gasteiger partial charge on any atom is 0.346 e. The van der Waals surface area contributed by atoms with Gasteiger partial charge in [-0.2, -0.15) is 0 Å². The summed E-state index contributed by atoms with van der Waals surface area (Å²) < 4.78 is 4.35. The topological polar surface area (TPSA) is 165 Å². The van der Waals surface area contributed by atoms with Gasteiger partial charge in [-0.05, 0) is 12.1 Å². The van der Waals surface area contributed by atoms with Crippen LogP contribution in [-0.2, 0) is 4.74 Å². The number of rotatable bonds is 5. The fourth-order valence-electron chi connectivity index (χ4n) is 1.33. The summed E-state index contributed by atoms with van der Waals surface area (Å²) in [4.78, 5) is 21.7. The van der Waals surface area contributed by atoms with Crippen molar-refractivity contribution < 1.29 is 45.0 Å². The second-order valence-electron chi connectivity index (χ2n) is 4.80. The number of carbonyl (C=O) groups is 2. The Morgan fingerprint density at radius 2 is 1.04 bits per heavy atom. The van der Waals surface area contributed by atoms with Gasteiger partial charge in [-0.25, -0.2) is 9.59 Å². The van der Waals surface area contributed by atoms with E-state index in [4.69, 9.17) is 30.6 Å². The molecule has 0 amide bonds. The van der Waals surface area contributed by atoms with E-state index in [1.54, 1.807) is 24.3 Å². The third-order valence-electron chi connectivity index (χ3n) is 2.99. The average molecular weight is 346 g/mol. The standard InChI is InChI=1S/C8H4O3.C5H12O4.C2H6O2/c9-7-5-3-1-2-4-6(5)8(10)11-7;6-1-5(2-7,3-8)4-9;3-1-2-4/h1-4H;6-9H,1-4H2;3-4H,1-2H2. The third kappa shape index (κ3) is 6.32. The quantitative estimate of drug-likeness (QED) is 0.259. The molecule has 1 aliphatic heterocycles. The molecule has 1 aliphatic rings. The second kappa shape index (κ2) is 11.6. The van der Waals surface area contributed by atoms with Crippen LogP contribution in [0, 0.1) is 5.41 Å². The monoisotopic (exact) mass is 346 g/mol. The Hall–Kier alpha value is -1.88. The molecule has 0 unspecified atom stereocenters. The summed E-state index contributed by atoms with van der Waals surface area (Å²) in [7, 11) is 0. The SMILES string of the molecule is O=C1OC(=O)c2ccccc21.OCC(CO)(CO)CO.OCCO. The maximum absolute atomic E-state index is 10.8. The highest BCUT2D eigenvalue weighted by Crippen LogP contribution is 2.18. The number of aliphatic hydroxyl groups is 6. The summed E-state index contributed by atoms with van der Waals surface area (Å²) in [5, 5.41) is 49.2. The van der Waals surface area contributed by atoms with Crippen LogP contribution in [0.15, 0.2) is 24.3 Å². The molecule has 136 valence electrons. The molecule has 0 saturated heterocycles. The maximum atomic E-state index is 10.8.